The molecular weight excluding hydrogens is 369 g/mol. The molecule has 0 aromatic carbocycles. The van der Waals surface area contributed by atoms with Gasteiger partial charge in [-0.2, -0.15) is 21.6 Å². The Labute approximate surface area is 149 Å². The lowest BCUT2D eigenvalue weighted by atomic mass is 8.92. The van der Waals surface area contributed by atoms with Crippen molar-refractivity contribution < 1.29 is 25.8 Å². The molecule has 0 bridgehead atoms. The fourth-order valence-electron chi connectivity index (χ4n) is 7.94. The second kappa shape index (κ2) is 3.87. The van der Waals surface area contributed by atoms with E-state index in [2.05, 4.69) is 4.98 Å². The van der Waals surface area contributed by atoms with E-state index in [1.165, 1.54) is 0 Å². The van der Waals surface area contributed by atoms with Gasteiger partial charge in [-0.3, -0.25) is 4.18 Å². The number of nitrogens with zero attached hydrogens (tertiary/aromatic N) is 2. The third-order valence-electron chi connectivity index (χ3n) is 8.33. The molecule has 1 aromatic heterocycles. The van der Waals surface area contributed by atoms with Gasteiger partial charge in [0, 0.05) is 23.1 Å². The highest BCUT2D eigenvalue weighted by atomic mass is 32.2. The summed E-state index contributed by atoms with van der Waals surface area (Å²) in [5.74, 6) is 2.95. The third-order valence-corrected chi connectivity index (χ3v) is 8.87. The van der Waals surface area contributed by atoms with Gasteiger partial charge in [0.1, 0.15) is 5.82 Å². The topological polar surface area (TPSA) is 61.2 Å². The Balaban J connectivity index is 1.33. The molecule has 26 heavy (non-hydrogen) atoms. The average Bonchev–Trinajstić information content (AvgIpc) is 2.98. The summed E-state index contributed by atoms with van der Waals surface area (Å²) in [7, 11) is -3.46. The Bertz CT molecular complexity index is 911. The Morgan fingerprint density at radius 3 is 2.15 bits per heavy atom. The monoisotopic (exact) mass is 388 g/mol. The summed E-state index contributed by atoms with van der Waals surface area (Å²) in [5, 5.41) is 0. The van der Waals surface area contributed by atoms with Crippen LogP contribution in [0.1, 0.15) is 31.4 Å². The molecule has 0 radical (unpaired) electrons. The van der Waals surface area contributed by atoms with Crippen LogP contribution in [0, 0.1) is 40.9 Å². The minimum absolute atomic E-state index is 0.00700. The molecule has 0 N–H and O–H groups in total. The number of hydrogen-bond donors (Lipinski definition) is 0. The normalized spacial score (nSPS) is 48.9. The van der Waals surface area contributed by atoms with Crippen LogP contribution < -0.4 is 0 Å². The minimum Gasteiger partial charge on any atom is -0.331 e. The van der Waals surface area contributed by atoms with E-state index in [1.807, 2.05) is 13.8 Å². The summed E-state index contributed by atoms with van der Waals surface area (Å²) in [4.78, 5) is 4.06. The Morgan fingerprint density at radius 2 is 1.73 bits per heavy atom. The van der Waals surface area contributed by atoms with Crippen LogP contribution in [0.5, 0.6) is 0 Å². The van der Waals surface area contributed by atoms with E-state index < -0.39 is 22.0 Å². The Morgan fingerprint density at radius 1 is 1.19 bits per heavy atom. The lowest BCUT2D eigenvalue weighted by molar-refractivity contribution is -0.632. The van der Waals surface area contributed by atoms with Crippen molar-refractivity contribution in [2.24, 2.45) is 40.9 Å². The molecule has 7 rings (SSSR count). The Hall–Kier alpha value is -1.09. The summed E-state index contributed by atoms with van der Waals surface area (Å²) < 4.78 is 69.0. The maximum Gasteiger partial charge on any atom is 0.434 e. The van der Waals surface area contributed by atoms with Crippen molar-refractivity contribution in [3.63, 3.8) is 0 Å². The lowest BCUT2D eigenvalue weighted by Crippen LogP contribution is -3.11. The summed E-state index contributed by atoms with van der Waals surface area (Å²) in [6.45, 7) is 4.01. The first-order valence-electron chi connectivity index (χ1n) is 8.98. The highest BCUT2D eigenvalue weighted by Crippen LogP contribution is 3.09. The maximum atomic E-state index is 13.2. The van der Waals surface area contributed by atoms with Gasteiger partial charge in [-0.1, -0.05) is 0 Å². The summed E-state index contributed by atoms with van der Waals surface area (Å²) >= 11 is 0. The minimum atomic E-state index is -4.43. The van der Waals surface area contributed by atoms with Crippen LogP contribution in [-0.2, 0) is 25.9 Å². The number of halogens is 3. The summed E-state index contributed by atoms with van der Waals surface area (Å²) in [6, 6.07) is -0.0725. The molecule has 1 heterocycles. The van der Waals surface area contributed by atoms with Gasteiger partial charge < -0.3 is 4.57 Å². The molecule has 0 aliphatic heterocycles. The smallest absolute Gasteiger partial charge is 0.331 e. The van der Waals surface area contributed by atoms with Crippen LogP contribution in [0.2, 0.25) is 0 Å². The van der Waals surface area contributed by atoms with E-state index in [1.54, 1.807) is 4.57 Å². The van der Waals surface area contributed by atoms with Crippen molar-refractivity contribution in [1.29, 1.82) is 0 Å². The van der Waals surface area contributed by atoms with E-state index >= 15 is 0 Å². The van der Waals surface area contributed by atoms with E-state index in [4.69, 9.17) is 4.18 Å². The highest BCUT2D eigenvalue weighted by molar-refractivity contribution is 7.85. The lowest BCUT2D eigenvalue weighted by Gasteiger charge is -3.11. The zero-order chi connectivity index (χ0) is 18.6. The molecule has 0 unspecified atom stereocenters. The van der Waals surface area contributed by atoms with E-state index in [0.717, 1.165) is 12.5 Å². The molecule has 1 aromatic rings. The summed E-state index contributed by atoms with van der Waals surface area (Å²) in [6.07, 6.45) is -2.21. The van der Waals surface area contributed by atoms with E-state index in [0.29, 0.717) is 41.3 Å². The van der Waals surface area contributed by atoms with Gasteiger partial charge in [-0.15, -0.1) is 0 Å². The third kappa shape index (κ3) is 1.25. The molecule has 0 saturated heterocycles. The van der Waals surface area contributed by atoms with Crippen molar-refractivity contribution in [2.45, 2.75) is 31.5 Å². The second-order valence-electron chi connectivity index (χ2n) is 9.11. The number of aromatic nitrogens is 2. The van der Waals surface area contributed by atoms with Crippen molar-refractivity contribution in [3.8, 4) is 0 Å². The quantitative estimate of drug-likeness (QED) is 0.727. The molecular formula is C17H19F3N2O3S. The number of hydrogen-bond acceptors (Lipinski definition) is 4. The largest absolute Gasteiger partial charge is 0.434 e. The molecule has 0 amide bonds. The van der Waals surface area contributed by atoms with Crippen LogP contribution in [0.25, 0.3) is 0 Å². The van der Waals surface area contributed by atoms with Gasteiger partial charge in [-0.25, -0.2) is 4.98 Å². The highest BCUT2D eigenvalue weighted by Gasteiger charge is 3.10. The number of imidazole rings is 1. The van der Waals surface area contributed by atoms with Crippen LogP contribution in [0.15, 0.2) is 6.20 Å². The molecule has 142 valence electrons. The second-order valence-corrected chi connectivity index (χ2v) is 10.8. The summed E-state index contributed by atoms with van der Waals surface area (Å²) in [5.41, 5.74) is -0.988. The van der Waals surface area contributed by atoms with Gasteiger partial charge in [0.05, 0.1) is 12.9 Å². The van der Waals surface area contributed by atoms with Crippen molar-refractivity contribution in [2.75, 3.05) is 12.9 Å². The van der Waals surface area contributed by atoms with Crippen LogP contribution >= 0.6 is 0 Å². The van der Waals surface area contributed by atoms with Gasteiger partial charge in [0.2, 0.25) is 0 Å². The molecule has 0 atom stereocenters. The molecule has 0 spiro atoms. The van der Waals surface area contributed by atoms with Crippen molar-refractivity contribution >= 4 is 10.1 Å². The van der Waals surface area contributed by atoms with E-state index in [-0.39, 0.29) is 23.5 Å². The molecule has 5 nitrogen and oxygen atoms in total. The SMILES string of the molecule is CC(C)n1cc(C(F)(F)F)nc1C12C3C4C1C1C2C3C41COS(C)(=O)=O. The molecule has 6 aliphatic carbocycles. The van der Waals surface area contributed by atoms with Crippen LogP contribution in [0.3, 0.4) is 0 Å². The van der Waals surface area contributed by atoms with Crippen molar-refractivity contribution in [1.82, 2.24) is 9.55 Å². The first-order chi connectivity index (χ1) is 12.0. The molecule has 9 heteroatoms. The average molecular weight is 388 g/mol. The number of alkyl halides is 3. The zero-order valence-corrected chi connectivity index (χ0v) is 15.3. The van der Waals surface area contributed by atoms with Gasteiger partial charge >= 0.3 is 6.18 Å². The first kappa shape index (κ1) is 15.9. The predicted molar refractivity (Wildman–Crippen MR) is 83.5 cm³/mol. The first-order valence-corrected chi connectivity index (χ1v) is 10.8. The van der Waals surface area contributed by atoms with Crippen LogP contribution in [-0.4, -0.2) is 30.8 Å². The maximum absolute atomic E-state index is 13.2. The molecule has 6 aliphatic rings. The number of rotatable bonds is 5. The fourth-order valence-corrected chi connectivity index (χ4v) is 8.36. The standard InChI is InChI=1S/C17H19F3N2O3S/c1-6(2)22-4-7(17(18,19)20)21-14(22)16-11-8-12(16)10-13(16)9(11)15(8,10)5-25-26(3,23)24/h4,6,8-13H,5H2,1-3H3. The van der Waals surface area contributed by atoms with Gasteiger partial charge in [0.15, 0.2) is 5.69 Å². The van der Waals surface area contributed by atoms with Crippen molar-refractivity contribution in [3.05, 3.63) is 17.7 Å². The van der Waals surface area contributed by atoms with Gasteiger partial charge in [0.25, 0.3) is 10.1 Å². The predicted octanol–water partition coefficient (Wildman–Crippen LogP) is 2.45. The molecule has 6 fully saturated rings. The molecule has 6 saturated carbocycles. The Kier molecular flexibility index (Phi) is 2.37. The van der Waals surface area contributed by atoms with Crippen LogP contribution in [0.4, 0.5) is 13.2 Å². The van der Waals surface area contributed by atoms with E-state index in [9.17, 15) is 21.6 Å². The van der Waals surface area contributed by atoms with Gasteiger partial charge in [-0.05, 0) is 49.4 Å². The zero-order valence-electron chi connectivity index (χ0n) is 14.5. The fraction of sp³-hybridized carbons (Fsp3) is 0.824.